The molecule has 1 atom stereocenters. The molecular formula is C15H23N3. The van der Waals surface area contributed by atoms with E-state index in [9.17, 15) is 0 Å². The van der Waals surface area contributed by atoms with E-state index in [1.807, 2.05) is 0 Å². The fourth-order valence-corrected chi connectivity index (χ4v) is 2.00. The normalized spacial score (nSPS) is 12.2. The summed E-state index contributed by atoms with van der Waals surface area (Å²) in [6, 6.07) is 11.1. The van der Waals surface area contributed by atoms with Crippen LogP contribution in [0, 0.1) is 11.3 Å². The monoisotopic (exact) mass is 245 g/mol. The molecule has 3 heteroatoms. The van der Waals surface area contributed by atoms with E-state index < -0.39 is 0 Å². The summed E-state index contributed by atoms with van der Waals surface area (Å²) in [4.78, 5) is 2.24. The van der Waals surface area contributed by atoms with Gasteiger partial charge in [-0.05, 0) is 38.0 Å². The summed E-state index contributed by atoms with van der Waals surface area (Å²) >= 11 is 0. The second kappa shape index (κ2) is 7.03. The molecule has 0 heterocycles. The fraction of sp³-hybridized carbons (Fsp3) is 0.533. The van der Waals surface area contributed by atoms with Crippen LogP contribution in [-0.4, -0.2) is 12.6 Å². The van der Waals surface area contributed by atoms with Gasteiger partial charge in [-0.15, -0.1) is 0 Å². The lowest BCUT2D eigenvalue weighted by atomic mass is 10.0. The van der Waals surface area contributed by atoms with Gasteiger partial charge in [-0.3, -0.25) is 0 Å². The van der Waals surface area contributed by atoms with Crippen molar-refractivity contribution < 1.29 is 0 Å². The van der Waals surface area contributed by atoms with Crippen LogP contribution in [0.5, 0.6) is 0 Å². The average Bonchev–Trinajstić information content (AvgIpc) is 2.38. The van der Waals surface area contributed by atoms with E-state index in [1.165, 1.54) is 5.56 Å². The maximum absolute atomic E-state index is 8.70. The summed E-state index contributed by atoms with van der Waals surface area (Å²) < 4.78 is 0. The van der Waals surface area contributed by atoms with Crippen LogP contribution in [-0.2, 0) is 0 Å². The molecule has 0 spiro atoms. The number of hydrogen-bond acceptors (Lipinski definition) is 3. The summed E-state index contributed by atoms with van der Waals surface area (Å²) in [5.74, 6) is 0. The topological polar surface area (TPSA) is 53.0 Å². The quantitative estimate of drug-likeness (QED) is 0.837. The second-order valence-corrected chi connectivity index (χ2v) is 4.80. The molecule has 0 amide bonds. The first-order chi connectivity index (χ1) is 8.60. The second-order valence-electron chi connectivity index (χ2n) is 4.80. The van der Waals surface area contributed by atoms with E-state index in [0.717, 1.165) is 18.7 Å². The zero-order valence-electron chi connectivity index (χ0n) is 11.6. The molecule has 1 aromatic rings. The predicted octanol–water partition coefficient (Wildman–Crippen LogP) is 3.22. The molecule has 0 aliphatic rings. The maximum Gasteiger partial charge on any atom is 0.0640 e. The summed E-state index contributed by atoms with van der Waals surface area (Å²) in [6.45, 7) is 7.14. The summed E-state index contributed by atoms with van der Waals surface area (Å²) in [6.07, 6.45) is 1.50. The highest BCUT2D eigenvalue weighted by molar-refractivity contribution is 5.48. The van der Waals surface area contributed by atoms with Crippen LogP contribution in [0.25, 0.3) is 0 Å². The highest BCUT2D eigenvalue weighted by Crippen LogP contribution is 2.21. The highest BCUT2D eigenvalue weighted by atomic mass is 15.1. The Morgan fingerprint density at radius 2 is 1.89 bits per heavy atom. The van der Waals surface area contributed by atoms with Crippen LogP contribution in [0.1, 0.15) is 45.2 Å². The Labute approximate surface area is 110 Å². The van der Waals surface area contributed by atoms with E-state index in [0.29, 0.717) is 12.5 Å². The first-order valence-electron chi connectivity index (χ1n) is 6.59. The molecular weight excluding hydrogens is 222 g/mol. The third-order valence-electron chi connectivity index (χ3n) is 3.18. The number of rotatable bonds is 6. The molecule has 0 aliphatic heterocycles. The number of hydrogen-bond donors (Lipinski definition) is 1. The molecule has 1 rings (SSSR count). The Bertz CT molecular complexity index is 389. The largest absolute Gasteiger partial charge is 0.368 e. The van der Waals surface area contributed by atoms with E-state index >= 15 is 0 Å². The van der Waals surface area contributed by atoms with Crippen molar-refractivity contribution in [2.45, 2.75) is 45.7 Å². The highest BCUT2D eigenvalue weighted by Gasteiger charge is 2.10. The third kappa shape index (κ3) is 3.75. The fourth-order valence-electron chi connectivity index (χ4n) is 2.00. The molecule has 0 fully saturated rings. The first kappa shape index (κ1) is 14.5. The van der Waals surface area contributed by atoms with Gasteiger partial charge >= 0.3 is 0 Å². The van der Waals surface area contributed by atoms with Crippen LogP contribution in [0.15, 0.2) is 24.3 Å². The Morgan fingerprint density at radius 1 is 1.28 bits per heavy atom. The van der Waals surface area contributed by atoms with Gasteiger partial charge in [-0.2, -0.15) is 5.26 Å². The molecule has 0 aliphatic carbocycles. The zero-order chi connectivity index (χ0) is 13.5. The van der Waals surface area contributed by atoms with Crippen LogP contribution in [0.3, 0.4) is 0 Å². The number of benzene rings is 1. The molecule has 2 N–H and O–H groups in total. The maximum atomic E-state index is 8.70. The van der Waals surface area contributed by atoms with Crippen molar-refractivity contribution in [1.82, 2.24) is 0 Å². The van der Waals surface area contributed by atoms with E-state index in [-0.39, 0.29) is 6.04 Å². The molecule has 1 aromatic carbocycles. The van der Waals surface area contributed by atoms with Gasteiger partial charge in [-0.25, -0.2) is 0 Å². The molecule has 98 valence electrons. The molecule has 18 heavy (non-hydrogen) atoms. The third-order valence-corrected chi connectivity index (χ3v) is 3.18. The van der Waals surface area contributed by atoms with E-state index in [2.05, 4.69) is 56.0 Å². The number of nitriles is 1. The minimum absolute atomic E-state index is 0.116. The Morgan fingerprint density at radius 3 is 2.33 bits per heavy atom. The lowest BCUT2D eigenvalue weighted by molar-refractivity contribution is 0.682. The molecule has 0 bridgehead atoms. The lowest BCUT2D eigenvalue weighted by Gasteiger charge is -2.28. The van der Waals surface area contributed by atoms with Crippen molar-refractivity contribution in [2.24, 2.45) is 5.73 Å². The Hall–Kier alpha value is -1.53. The zero-order valence-corrected chi connectivity index (χ0v) is 11.6. The standard InChI is InChI=1S/C15H23N3/c1-4-15(17)13-6-8-14(9-7-13)18(12(2)3)11-5-10-16/h6-9,12,15H,4-5,11,17H2,1-3H3/t15-/m0/s1. The van der Waals surface area contributed by atoms with Crippen molar-refractivity contribution in [3.63, 3.8) is 0 Å². The van der Waals surface area contributed by atoms with E-state index in [4.69, 9.17) is 11.0 Å². The molecule has 0 radical (unpaired) electrons. The van der Waals surface area contributed by atoms with Crippen molar-refractivity contribution >= 4 is 5.69 Å². The molecule has 3 nitrogen and oxygen atoms in total. The van der Waals surface area contributed by atoms with Crippen molar-refractivity contribution in [1.29, 1.82) is 5.26 Å². The minimum atomic E-state index is 0.116. The minimum Gasteiger partial charge on any atom is -0.368 e. The van der Waals surface area contributed by atoms with Crippen LogP contribution in [0.4, 0.5) is 5.69 Å². The van der Waals surface area contributed by atoms with Gasteiger partial charge in [-0.1, -0.05) is 19.1 Å². The van der Waals surface area contributed by atoms with Crippen molar-refractivity contribution in [3.8, 4) is 6.07 Å². The van der Waals surface area contributed by atoms with Gasteiger partial charge in [0.2, 0.25) is 0 Å². The van der Waals surface area contributed by atoms with Gasteiger partial charge in [0.05, 0.1) is 12.5 Å². The van der Waals surface area contributed by atoms with Gasteiger partial charge in [0.15, 0.2) is 0 Å². The Balaban J connectivity index is 2.84. The van der Waals surface area contributed by atoms with Gasteiger partial charge < -0.3 is 10.6 Å². The first-order valence-corrected chi connectivity index (χ1v) is 6.59. The van der Waals surface area contributed by atoms with Crippen molar-refractivity contribution in [3.05, 3.63) is 29.8 Å². The lowest BCUT2D eigenvalue weighted by Crippen LogP contribution is -2.31. The number of nitrogens with zero attached hydrogens (tertiary/aromatic N) is 2. The Kier molecular flexibility index (Phi) is 5.67. The molecule has 0 saturated carbocycles. The SMILES string of the molecule is CC[C@H](N)c1ccc(N(CCC#N)C(C)C)cc1. The van der Waals surface area contributed by atoms with Crippen LogP contribution in [0.2, 0.25) is 0 Å². The van der Waals surface area contributed by atoms with Gasteiger partial charge in [0.1, 0.15) is 0 Å². The van der Waals surface area contributed by atoms with Crippen LogP contribution < -0.4 is 10.6 Å². The van der Waals surface area contributed by atoms with Crippen LogP contribution >= 0.6 is 0 Å². The van der Waals surface area contributed by atoms with Gasteiger partial charge in [0, 0.05) is 24.3 Å². The molecule has 0 saturated heterocycles. The van der Waals surface area contributed by atoms with E-state index in [1.54, 1.807) is 0 Å². The average molecular weight is 245 g/mol. The smallest absolute Gasteiger partial charge is 0.0640 e. The number of nitrogens with two attached hydrogens (primary N) is 1. The number of anilines is 1. The molecule has 0 unspecified atom stereocenters. The summed E-state index contributed by atoms with van der Waals surface area (Å²) in [5, 5.41) is 8.70. The predicted molar refractivity (Wildman–Crippen MR) is 76.4 cm³/mol. The van der Waals surface area contributed by atoms with Gasteiger partial charge in [0.25, 0.3) is 0 Å². The molecule has 0 aromatic heterocycles. The summed E-state index contributed by atoms with van der Waals surface area (Å²) in [5.41, 5.74) is 8.33. The summed E-state index contributed by atoms with van der Waals surface area (Å²) in [7, 11) is 0. The van der Waals surface area contributed by atoms with Crippen molar-refractivity contribution in [2.75, 3.05) is 11.4 Å².